The van der Waals surface area contributed by atoms with Gasteiger partial charge in [-0.2, -0.15) is 0 Å². The average molecular weight is 265 g/mol. The first kappa shape index (κ1) is 14.3. The monoisotopic (exact) mass is 265 g/mol. The van der Waals surface area contributed by atoms with Crippen LogP contribution in [0.5, 0.6) is 5.75 Å². The summed E-state index contributed by atoms with van der Waals surface area (Å²) < 4.78 is 6.12. The van der Waals surface area contributed by atoms with Gasteiger partial charge in [0.15, 0.2) is 0 Å². The normalized spacial score (nSPS) is 25.0. The second-order valence-corrected chi connectivity index (χ2v) is 5.79. The number of nitrogens with zero attached hydrogens (tertiary/aromatic N) is 1. The van der Waals surface area contributed by atoms with Crippen LogP contribution in [-0.2, 0) is 0 Å². The van der Waals surface area contributed by atoms with Gasteiger partial charge in [-0.1, -0.05) is 18.2 Å². The van der Waals surface area contributed by atoms with Crippen LogP contribution < -0.4 is 4.74 Å². The van der Waals surface area contributed by atoms with Gasteiger partial charge in [-0.15, -0.1) is 0 Å². The summed E-state index contributed by atoms with van der Waals surface area (Å²) in [5, 5.41) is 19.8. The fourth-order valence-electron chi connectivity index (χ4n) is 2.99. The highest BCUT2D eigenvalue weighted by Gasteiger charge is 2.45. The minimum absolute atomic E-state index is 0.0659. The fourth-order valence-corrected chi connectivity index (χ4v) is 2.99. The van der Waals surface area contributed by atoms with Gasteiger partial charge in [-0.25, -0.2) is 0 Å². The molecule has 1 aliphatic heterocycles. The Balaban J connectivity index is 2.43. The van der Waals surface area contributed by atoms with Crippen LogP contribution in [0, 0.1) is 6.92 Å². The van der Waals surface area contributed by atoms with Gasteiger partial charge in [0, 0.05) is 12.1 Å². The molecular weight excluding hydrogens is 242 g/mol. The topological polar surface area (TPSA) is 52.9 Å². The van der Waals surface area contributed by atoms with E-state index in [0.29, 0.717) is 6.54 Å². The lowest BCUT2D eigenvalue weighted by molar-refractivity contribution is -0.0776. The van der Waals surface area contributed by atoms with E-state index in [-0.39, 0.29) is 12.6 Å². The van der Waals surface area contributed by atoms with E-state index >= 15 is 0 Å². The first-order valence-electron chi connectivity index (χ1n) is 6.66. The van der Waals surface area contributed by atoms with E-state index in [4.69, 9.17) is 9.84 Å². The highest BCUT2D eigenvalue weighted by atomic mass is 16.5. The van der Waals surface area contributed by atoms with Crippen molar-refractivity contribution in [1.29, 1.82) is 0 Å². The average Bonchev–Trinajstić information content (AvgIpc) is 2.30. The maximum atomic E-state index is 10.7. The molecule has 1 aromatic carbocycles. The van der Waals surface area contributed by atoms with Crippen molar-refractivity contribution in [2.75, 3.05) is 20.2 Å². The van der Waals surface area contributed by atoms with E-state index in [1.165, 1.54) is 0 Å². The summed E-state index contributed by atoms with van der Waals surface area (Å²) in [4.78, 5) is 1.95. The van der Waals surface area contributed by atoms with Gasteiger partial charge in [0.05, 0.1) is 12.6 Å². The Morgan fingerprint density at radius 3 is 2.68 bits per heavy atom. The molecule has 2 atom stereocenters. The van der Waals surface area contributed by atoms with Gasteiger partial charge >= 0.3 is 0 Å². The smallest absolute Gasteiger partial charge is 0.128 e. The molecule has 2 N–H and O–H groups in total. The molecule has 2 unspecified atom stereocenters. The molecule has 19 heavy (non-hydrogen) atoms. The predicted molar refractivity (Wildman–Crippen MR) is 74.3 cm³/mol. The molecule has 106 valence electrons. The summed E-state index contributed by atoms with van der Waals surface area (Å²) >= 11 is 0. The summed E-state index contributed by atoms with van der Waals surface area (Å²) in [6.07, 6.45) is -0.616. The standard InChI is InChI=1S/C15H23NO3/c1-10-6-5-7-11-12(18)14(16(4)8-9-17)15(2,3)19-13(10)11/h5-7,12,14,17-18H,8-9H2,1-4H3. The number of aliphatic hydroxyl groups is 2. The molecule has 1 heterocycles. The van der Waals surface area contributed by atoms with Crippen molar-refractivity contribution >= 4 is 0 Å². The fraction of sp³-hybridized carbons (Fsp3) is 0.600. The van der Waals surface area contributed by atoms with E-state index < -0.39 is 11.7 Å². The molecule has 1 aromatic rings. The number of hydrogen-bond acceptors (Lipinski definition) is 4. The SMILES string of the molecule is Cc1cccc2c1OC(C)(C)C(N(C)CCO)C2O. The second kappa shape index (κ2) is 5.12. The van der Waals surface area contributed by atoms with Crippen molar-refractivity contribution in [3.05, 3.63) is 29.3 Å². The zero-order chi connectivity index (χ0) is 14.2. The number of aliphatic hydroxyl groups excluding tert-OH is 2. The van der Waals surface area contributed by atoms with Crippen LogP contribution in [0.25, 0.3) is 0 Å². The van der Waals surface area contributed by atoms with Gasteiger partial charge in [-0.05, 0) is 33.4 Å². The van der Waals surface area contributed by atoms with Crippen molar-refractivity contribution in [3.63, 3.8) is 0 Å². The lowest BCUT2D eigenvalue weighted by Crippen LogP contribution is -2.57. The van der Waals surface area contributed by atoms with Crippen molar-refractivity contribution in [3.8, 4) is 5.75 Å². The van der Waals surface area contributed by atoms with Crippen molar-refractivity contribution in [2.45, 2.75) is 38.5 Å². The van der Waals surface area contributed by atoms with Crippen LogP contribution in [-0.4, -0.2) is 47.0 Å². The first-order chi connectivity index (χ1) is 8.88. The van der Waals surface area contributed by atoms with Crippen molar-refractivity contribution in [1.82, 2.24) is 4.90 Å². The largest absolute Gasteiger partial charge is 0.485 e. The summed E-state index contributed by atoms with van der Waals surface area (Å²) in [7, 11) is 1.90. The highest BCUT2D eigenvalue weighted by Crippen LogP contribution is 2.43. The molecule has 0 spiro atoms. The van der Waals surface area contributed by atoms with E-state index in [1.807, 2.05) is 50.9 Å². The van der Waals surface area contributed by atoms with Crippen molar-refractivity contribution < 1.29 is 14.9 Å². The van der Waals surface area contributed by atoms with Crippen LogP contribution in [0.3, 0.4) is 0 Å². The molecule has 0 fully saturated rings. The lowest BCUT2D eigenvalue weighted by atomic mass is 9.84. The molecule has 2 rings (SSSR count). The predicted octanol–water partition coefficient (Wildman–Crippen LogP) is 1.49. The summed E-state index contributed by atoms with van der Waals surface area (Å²) in [5.41, 5.74) is 1.35. The zero-order valence-electron chi connectivity index (χ0n) is 12.1. The zero-order valence-corrected chi connectivity index (χ0v) is 12.1. The molecule has 0 radical (unpaired) electrons. The number of hydrogen-bond donors (Lipinski definition) is 2. The van der Waals surface area contributed by atoms with E-state index in [1.54, 1.807) is 0 Å². The molecule has 0 amide bonds. The Kier molecular flexibility index (Phi) is 3.85. The Morgan fingerprint density at radius 2 is 2.05 bits per heavy atom. The number of fused-ring (bicyclic) bond motifs is 1. The molecule has 0 aliphatic carbocycles. The molecule has 4 nitrogen and oxygen atoms in total. The van der Waals surface area contributed by atoms with E-state index in [9.17, 15) is 5.11 Å². The Hall–Kier alpha value is -1.10. The van der Waals surface area contributed by atoms with Crippen LogP contribution in [0.4, 0.5) is 0 Å². The van der Waals surface area contributed by atoms with Crippen molar-refractivity contribution in [2.24, 2.45) is 0 Å². The molecule has 0 saturated heterocycles. The quantitative estimate of drug-likeness (QED) is 0.869. The highest BCUT2D eigenvalue weighted by molar-refractivity contribution is 5.45. The van der Waals surface area contributed by atoms with Gasteiger partial charge in [0.1, 0.15) is 17.5 Å². The molecule has 1 aliphatic rings. The number of likely N-dealkylation sites (N-methyl/N-ethyl adjacent to an activating group) is 1. The van der Waals surface area contributed by atoms with Gasteiger partial charge in [0.25, 0.3) is 0 Å². The third-order valence-electron chi connectivity index (χ3n) is 3.87. The Labute approximate surface area is 114 Å². The van der Waals surface area contributed by atoms with Gasteiger partial charge in [-0.3, -0.25) is 4.90 Å². The molecule has 4 heteroatoms. The minimum Gasteiger partial charge on any atom is -0.485 e. The van der Waals surface area contributed by atoms with Crippen LogP contribution in [0.2, 0.25) is 0 Å². The number of rotatable bonds is 3. The third-order valence-corrected chi connectivity index (χ3v) is 3.87. The van der Waals surface area contributed by atoms with Gasteiger partial charge < -0.3 is 14.9 Å². The molecule has 0 saturated carbocycles. The number of para-hydroxylation sites is 1. The molecule has 0 aromatic heterocycles. The number of aryl methyl sites for hydroxylation is 1. The van der Waals surface area contributed by atoms with Gasteiger partial charge in [0.2, 0.25) is 0 Å². The van der Waals surface area contributed by atoms with Crippen LogP contribution in [0.1, 0.15) is 31.1 Å². The molecular formula is C15H23NO3. The summed E-state index contributed by atoms with van der Waals surface area (Å²) in [6, 6.07) is 5.64. The lowest BCUT2D eigenvalue weighted by Gasteiger charge is -2.47. The Bertz CT molecular complexity index is 459. The third kappa shape index (κ3) is 2.48. The van der Waals surface area contributed by atoms with Crippen LogP contribution >= 0.6 is 0 Å². The van der Waals surface area contributed by atoms with Crippen LogP contribution in [0.15, 0.2) is 18.2 Å². The second-order valence-electron chi connectivity index (χ2n) is 5.79. The maximum absolute atomic E-state index is 10.7. The summed E-state index contributed by atoms with van der Waals surface area (Å²) in [5.74, 6) is 0.786. The first-order valence-corrected chi connectivity index (χ1v) is 6.66. The van der Waals surface area contributed by atoms with E-state index in [2.05, 4.69) is 0 Å². The number of ether oxygens (including phenoxy) is 1. The summed E-state index contributed by atoms with van der Waals surface area (Å²) in [6.45, 7) is 6.51. The molecule has 0 bridgehead atoms. The van der Waals surface area contributed by atoms with E-state index in [0.717, 1.165) is 16.9 Å². The Morgan fingerprint density at radius 1 is 1.37 bits per heavy atom. The number of benzene rings is 1. The maximum Gasteiger partial charge on any atom is 0.128 e. The minimum atomic E-state index is -0.616.